The number of rotatable bonds is 7. The van der Waals surface area contributed by atoms with Crippen LogP contribution in [0.15, 0.2) is 59.5 Å². The van der Waals surface area contributed by atoms with Crippen molar-refractivity contribution in [2.45, 2.75) is 43.5 Å². The van der Waals surface area contributed by atoms with E-state index < -0.39 is 0 Å². The molecule has 2 aromatic carbocycles. The lowest BCUT2D eigenvalue weighted by atomic mass is 10.0. The maximum atomic E-state index is 12.5. The van der Waals surface area contributed by atoms with Crippen LogP contribution in [0.3, 0.4) is 0 Å². The Morgan fingerprint density at radius 3 is 2.45 bits per heavy atom. The van der Waals surface area contributed by atoms with Gasteiger partial charge in [0.1, 0.15) is 0 Å². The molecule has 1 heterocycles. The number of hydrogen-bond acceptors (Lipinski definition) is 3. The summed E-state index contributed by atoms with van der Waals surface area (Å²) in [6.45, 7) is 3.48. The van der Waals surface area contributed by atoms with Crippen LogP contribution in [0.1, 0.15) is 31.7 Å². The number of hydrogen-bond donors (Lipinski definition) is 2. The number of carbonyl (C=O) groups is 2. The lowest BCUT2D eigenvalue weighted by molar-refractivity contribution is -0.132. The summed E-state index contributed by atoms with van der Waals surface area (Å²) in [6, 6.07) is 17.9. The van der Waals surface area contributed by atoms with Gasteiger partial charge in [0.25, 0.3) is 0 Å². The summed E-state index contributed by atoms with van der Waals surface area (Å²) >= 11 is 1.71. The first-order chi connectivity index (χ1) is 14.2. The molecule has 1 aliphatic rings. The molecule has 1 saturated heterocycles. The summed E-state index contributed by atoms with van der Waals surface area (Å²) < 4.78 is 0. The molecule has 3 rings (SSSR count). The zero-order chi connectivity index (χ0) is 20.5. The molecule has 0 radical (unpaired) electrons. The van der Waals surface area contributed by atoms with Gasteiger partial charge >= 0.3 is 6.03 Å². The van der Waals surface area contributed by atoms with Gasteiger partial charge in [-0.1, -0.05) is 49.4 Å². The Morgan fingerprint density at radius 2 is 1.72 bits per heavy atom. The predicted octanol–water partition coefficient (Wildman–Crippen LogP) is 4.54. The van der Waals surface area contributed by atoms with E-state index in [2.05, 4.69) is 29.7 Å². The zero-order valence-electron chi connectivity index (χ0n) is 16.9. The fourth-order valence-corrected chi connectivity index (χ4v) is 4.28. The summed E-state index contributed by atoms with van der Waals surface area (Å²) in [5.41, 5.74) is 2.03. The number of thioether (sulfide) groups is 1. The van der Waals surface area contributed by atoms with Crippen molar-refractivity contribution in [3.63, 3.8) is 0 Å². The number of benzene rings is 2. The largest absolute Gasteiger partial charge is 0.343 e. The SMILES string of the molecule is CCSc1ccccc1NC(=O)NC1CCN(C(=O)CCc2ccccc2)CC1. The standard InChI is InChI=1S/C23H29N3O2S/c1-2-29-21-11-7-6-10-20(21)25-23(28)24-19-14-16-26(17-15-19)22(27)13-12-18-8-4-3-5-9-18/h3-11,19H,2,12-17H2,1H3,(H2,24,25,28). The minimum atomic E-state index is -0.178. The van der Waals surface area contributed by atoms with Crippen molar-refractivity contribution in [1.82, 2.24) is 10.2 Å². The molecule has 0 bridgehead atoms. The highest BCUT2D eigenvalue weighted by atomic mass is 32.2. The van der Waals surface area contributed by atoms with E-state index in [4.69, 9.17) is 0 Å². The van der Waals surface area contributed by atoms with Crippen LogP contribution < -0.4 is 10.6 Å². The number of amides is 3. The van der Waals surface area contributed by atoms with Gasteiger partial charge in [-0.05, 0) is 42.7 Å². The number of carbonyl (C=O) groups excluding carboxylic acids is 2. The van der Waals surface area contributed by atoms with Crippen molar-refractivity contribution < 1.29 is 9.59 Å². The Labute approximate surface area is 177 Å². The average molecular weight is 412 g/mol. The van der Waals surface area contributed by atoms with Crippen LogP contribution in [0.5, 0.6) is 0 Å². The fourth-order valence-electron chi connectivity index (χ4n) is 3.52. The lowest BCUT2D eigenvalue weighted by Gasteiger charge is -2.32. The van der Waals surface area contributed by atoms with Crippen LogP contribution in [0.2, 0.25) is 0 Å². The molecule has 0 aliphatic carbocycles. The molecule has 0 spiro atoms. The number of anilines is 1. The number of aryl methyl sites for hydroxylation is 1. The van der Waals surface area contributed by atoms with Gasteiger partial charge in [-0.2, -0.15) is 0 Å². The van der Waals surface area contributed by atoms with Gasteiger partial charge in [0.05, 0.1) is 5.69 Å². The van der Waals surface area contributed by atoms with Crippen LogP contribution >= 0.6 is 11.8 Å². The maximum absolute atomic E-state index is 12.5. The van der Waals surface area contributed by atoms with Gasteiger partial charge in [-0.3, -0.25) is 4.79 Å². The first-order valence-corrected chi connectivity index (χ1v) is 11.3. The highest BCUT2D eigenvalue weighted by Crippen LogP contribution is 2.26. The van der Waals surface area contributed by atoms with Gasteiger partial charge in [0.2, 0.25) is 5.91 Å². The minimum Gasteiger partial charge on any atom is -0.343 e. The molecule has 1 fully saturated rings. The molecule has 0 saturated carbocycles. The van der Waals surface area contributed by atoms with Gasteiger partial charge in [-0.15, -0.1) is 11.8 Å². The summed E-state index contributed by atoms with van der Waals surface area (Å²) in [6.07, 6.45) is 2.88. The van der Waals surface area contributed by atoms with Crippen molar-refractivity contribution >= 4 is 29.4 Å². The Hall–Kier alpha value is -2.47. The topological polar surface area (TPSA) is 61.4 Å². The molecule has 0 unspecified atom stereocenters. The Balaban J connectivity index is 1.41. The Bertz CT molecular complexity index is 805. The average Bonchev–Trinajstić information content (AvgIpc) is 2.75. The molecule has 3 amide bonds. The molecule has 2 N–H and O–H groups in total. The van der Waals surface area contributed by atoms with Crippen molar-refractivity contribution in [2.75, 3.05) is 24.2 Å². The van der Waals surface area contributed by atoms with E-state index in [1.807, 2.05) is 47.4 Å². The molecular weight excluding hydrogens is 382 g/mol. The van der Waals surface area contributed by atoms with E-state index in [1.165, 1.54) is 5.56 Å². The maximum Gasteiger partial charge on any atom is 0.319 e. The monoisotopic (exact) mass is 411 g/mol. The third-order valence-corrected chi connectivity index (χ3v) is 6.04. The third kappa shape index (κ3) is 6.53. The van der Waals surface area contributed by atoms with Gasteiger partial charge in [0, 0.05) is 30.4 Å². The summed E-state index contributed by atoms with van der Waals surface area (Å²) in [5.74, 6) is 1.15. The smallest absolute Gasteiger partial charge is 0.319 e. The predicted molar refractivity (Wildman–Crippen MR) is 119 cm³/mol. The van der Waals surface area contributed by atoms with E-state index in [0.29, 0.717) is 19.5 Å². The second-order valence-electron chi connectivity index (χ2n) is 7.17. The highest BCUT2D eigenvalue weighted by Gasteiger charge is 2.23. The van der Waals surface area contributed by atoms with Gasteiger partial charge < -0.3 is 15.5 Å². The van der Waals surface area contributed by atoms with E-state index in [-0.39, 0.29) is 18.0 Å². The lowest BCUT2D eigenvalue weighted by Crippen LogP contribution is -2.47. The molecule has 154 valence electrons. The first kappa shape index (κ1) is 21.2. The van der Waals surface area contributed by atoms with Gasteiger partial charge in [0.15, 0.2) is 0 Å². The highest BCUT2D eigenvalue weighted by molar-refractivity contribution is 7.99. The Morgan fingerprint density at radius 1 is 1.03 bits per heavy atom. The van der Waals surface area contributed by atoms with Crippen molar-refractivity contribution in [3.05, 3.63) is 60.2 Å². The molecule has 0 aromatic heterocycles. The molecule has 29 heavy (non-hydrogen) atoms. The molecule has 6 heteroatoms. The molecule has 2 aromatic rings. The Kier molecular flexibility index (Phi) is 7.99. The molecular formula is C23H29N3O2S. The summed E-state index contributed by atoms with van der Waals surface area (Å²) in [5, 5.41) is 6.02. The van der Waals surface area contributed by atoms with Crippen molar-refractivity contribution in [3.8, 4) is 0 Å². The first-order valence-electron chi connectivity index (χ1n) is 10.3. The summed E-state index contributed by atoms with van der Waals surface area (Å²) in [7, 11) is 0. The normalized spacial score (nSPS) is 14.4. The van der Waals surface area contributed by atoms with Crippen LogP contribution in [0.25, 0.3) is 0 Å². The molecule has 0 atom stereocenters. The fraction of sp³-hybridized carbons (Fsp3) is 0.391. The minimum absolute atomic E-state index is 0.0964. The number of nitrogens with one attached hydrogen (secondary N) is 2. The quantitative estimate of drug-likeness (QED) is 0.658. The van der Waals surface area contributed by atoms with Crippen LogP contribution in [0, 0.1) is 0 Å². The van der Waals surface area contributed by atoms with Crippen LogP contribution in [-0.4, -0.2) is 41.7 Å². The second kappa shape index (κ2) is 10.9. The number of nitrogens with zero attached hydrogens (tertiary/aromatic N) is 1. The number of piperidine rings is 1. The second-order valence-corrected chi connectivity index (χ2v) is 8.47. The van der Waals surface area contributed by atoms with E-state index >= 15 is 0 Å². The van der Waals surface area contributed by atoms with Gasteiger partial charge in [-0.25, -0.2) is 4.79 Å². The summed E-state index contributed by atoms with van der Waals surface area (Å²) in [4.78, 5) is 27.9. The van der Waals surface area contributed by atoms with Crippen molar-refractivity contribution in [2.24, 2.45) is 0 Å². The van der Waals surface area contributed by atoms with E-state index in [9.17, 15) is 9.59 Å². The zero-order valence-corrected chi connectivity index (χ0v) is 17.7. The van der Waals surface area contributed by atoms with Crippen molar-refractivity contribution in [1.29, 1.82) is 0 Å². The number of para-hydroxylation sites is 1. The third-order valence-electron chi connectivity index (χ3n) is 5.09. The number of urea groups is 1. The molecule has 1 aliphatic heterocycles. The van der Waals surface area contributed by atoms with E-state index in [0.717, 1.165) is 35.6 Å². The molecule has 5 nitrogen and oxygen atoms in total. The van der Waals surface area contributed by atoms with E-state index in [1.54, 1.807) is 11.8 Å². The van der Waals surface area contributed by atoms with Crippen LogP contribution in [0.4, 0.5) is 10.5 Å². The number of likely N-dealkylation sites (tertiary alicyclic amines) is 1. The van der Waals surface area contributed by atoms with Crippen LogP contribution in [-0.2, 0) is 11.2 Å².